The third-order valence-electron chi connectivity index (χ3n) is 1.92. The third-order valence-corrected chi connectivity index (χ3v) is 2.69. The lowest BCUT2D eigenvalue weighted by atomic mass is 10.1. The van der Waals surface area contributed by atoms with Gasteiger partial charge < -0.3 is 5.32 Å². The summed E-state index contributed by atoms with van der Waals surface area (Å²) in [6, 6.07) is 7.36. The van der Waals surface area contributed by atoms with Gasteiger partial charge >= 0.3 is 0 Å². The van der Waals surface area contributed by atoms with Gasteiger partial charge in [-0.25, -0.2) is 13.6 Å². The molecule has 0 saturated carbocycles. The van der Waals surface area contributed by atoms with E-state index in [4.69, 9.17) is 5.14 Å². The average molecular weight is 211 g/mol. The lowest BCUT2D eigenvalue weighted by molar-refractivity contribution is 0.608. The van der Waals surface area contributed by atoms with E-state index in [1.54, 1.807) is 6.07 Å². The highest BCUT2D eigenvalue weighted by Gasteiger charge is 2.19. The van der Waals surface area contributed by atoms with Gasteiger partial charge in [0.25, 0.3) is 10.0 Å². The maximum absolute atomic E-state index is 11.0. The van der Waals surface area contributed by atoms with Crippen molar-refractivity contribution in [3.8, 4) is 0 Å². The van der Waals surface area contributed by atoms with Crippen LogP contribution in [0.25, 0.3) is 0 Å². The van der Waals surface area contributed by atoms with E-state index < -0.39 is 10.0 Å². The number of para-hydroxylation sites is 1. The molecule has 1 heterocycles. The number of benzene rings is 1. The predicted octanol–water partition coefficient (Wildman–Crippen LogP) is 0.257. The topological polar surface area (TPSA) is 84.6 Å². The Bertz CT molecular complexity index is 493. The highest BCUT2D eigenvalue weighted by Crippen LogP contribution is 2.20. The van der Waals surface area contributed by atoms with E-state index >= 15 is 0 Å². The molecule has 1 aromatic carbocycles. The van der Waals surface area contributed by atoms with Crippen molar-refractivity contribution in [1.29, 1.82) is 0 Å². The van der Waals surface area contributed by atoms with Crippen LogP contribution < -0.4 is 10.5 Å². The van der Waals surface area contributed by atoms with E-state index in [1.165, 1.54) is 0 Å². The van der Waals surface area contributed by atoms with E-state index in [-0.39, 0.29) is 5.17 Å². The summed E-state index contributed by atoms with van der Waals surface area (Å²) in [4.78, 5) is 3.83. The lowest BCUT2D eigenvalue weighted by Crippen LogP contribution is -2.32. The fourth-order valence-electron chi connectivity index (χ4n) is 1.25. The Morgan fingerprint density at radius 2 is 2.07 bits per heavy atom. The summed E-state index contributed by atoms with van der Waals surface area (Å²) in [5, 5.41) is 7.45. The van der Waals surface area contributed by atoms with Crippen molar-refractivity contribution in [2.24, 2.45) is 10.1 Å². The first-order valence-electron chi connectivity index (χ1n) is 3.99. The molecular weight excluding hydrogens is 202 g/mol. The number of sulfonamides is 1. The van der Waals surface area contributed by atoms with Gasteiger partial charge in [0, 0.05) is 5.69 Å². The number of nitrogens with two attached hydrogens (primary N) is 1. The number of nitrogens with zero attached hydrogens (tertiary/aromatic N) is 1. The van der Waals surface area contributed by atoms with Gasteiger partial charge in [-0.15, -0.1) is 0 Å². The second kappa shape index (κ2) is 3.07. The first kappa shape index (κ1) is 9.17. The summed E-state index contributed by atoms with van der Waals surface area (Å²) in [5.74, 6) is 0. The fourth-order valence-corrected chi connectivity index (χ4v) is 1.75. The van der Waals surface area contributed by atoms with Gasteiger partial charge in [-0.1, -0.05) is 18.2 Å². The van der Waals surface area contributed by atoms with Gasteiger partial charge in [-0.2, -0.15) is 0 Å². The van der Waals surface area contributed by atoms with Crippen LogP contribution in [0.3, 0.4) is 0 Å². The Morgan fingerprint density at radius 3 is 2.79 bits per heavy atom. The molecule has 74 valence electrons. The maximum Gasteiger partial charge on any atom is 0.271 e. The number of rotatable bonds is 0. The molecule has 0 fully saturated rings. The highest BCUT2D eigenvalue weighted by molar-refractivity contribution is 8.04. The summed E-state index contributed by atoms with van der Waals surface area (Å²) in [7, 11) is -3.73. The third kappa shape index (κ3) is 1.61. The molecule has 0 aromatic heterocycles. The molecule has 0 spiro atoms. The van der Waals surface area contributed by atoms with Gasteiger partial charge in [0.05, 0.1) is 6.54 Å². The van der Waals surface area contributed by atoms with Gasteiger partial charge in [-0.3, -0.25) is 4.99 Å². The van der Waals surface area contributed by atoms with Crippen LogP contribution in [0, 0.1) is 0 Å². The molecule has 0 unspecified atom stereocenters. The van der Waals surface area contributed by atoms with Crippen LogP contribution in [-0.2, 0) is 16.6 Å². The number of anilines is 1. The van der Waals surface area contributed by atoms with E-state index in [0.29, 0.717) is 6.54 Å². The van der Waals surface area contributed by atoms with Gasteiger partial charge in [-0.05, 0) is 11.6 Å². The molecule has 0 saturated heterocycles. The summed E-state index contributed by atoms with van der Waals surface area (Å²) >= 11 is 0. The Morgan fingerprint density at radius 1 is 1.36 bits per heavy atom. The van der Waals surface area contributed by atoms with E-state index in [2.05, 4.69) is 10.3 Å². The number of fused-ring (bicyclic) bond motifs is 1. The highest BCUT2D eigenvalue weighted by atomic mass is 32.2. The van der Waals surface area contributed by atoms with Crippen molar-refractivity contribution in [2.45, 2.75) is 6.54 Å². The summed E-state index contributed by atoms with van der Waals surface area (Å²) in [6.45, 7) is 0.342. The number of primary sulfonamides is 1. The molecule has 1 aromatic rings. The summed E-state index contributed by atoms with van der Waals surface area (Å²) in [6.07, 6.45) is 0. The first-order valence-corrected chi connectivity index (χ1v) is 5.54. The molecule has 0 amide bonds. The molecular formula is C8H9N3O2S. The van der Waals surface area contributed by atoms with E-state index in [9.17, 15) is 8.42 Å². The SMILES string of the molecule is NS(=O)(=O)C1=NCc2ccccc2N1. The van der Waals surface area contributed by atoms with E-state index in [1.807, 2.05) is 18.2 Å². The zero-order chi connectivity index (χ0) is 10.2. The number of aliphatic imine (C=N–C) groups is 1. The van der Waals surface area contributed by atoms with Crippen LogP contribution >= 0.6 is 0 Å². The number of nitrogens with one attached hydrogen (secondary N) is 1. The molecule has 0 atom stereocenters. The molecule has 0 aliphatic carbocycles. The van der Waals surface area contributed by atoms with Crippen molar-refractivity contribution < 1.29 is 8.42 Å². The van der Waals surface area contributed by atoms with Crippen LogP contribution in [0.1, 0.15) is 5.56 Å². The Kier molecular flexibility index (Phi) is 2.01. The van der Waals surface area contributed by atoms with E-state index in [0.717, 1.165) is 11.3 Å². The zero-order valence-electron chi connectivity index (χ0n) is 7.27. The van der Waals surface area contributed by atoms with Crippen molar-refractivity contribution >= 4 is 20.9 Å². The molecule has 0 bridgehead atoms. The van der Waals surface area contributed by atoms with Crippen molar-refractivity contribution in [2.75, 3.05) is 5.32 Å². The Labute approximate surface area is 81.7 Å². The maximum atomic E-state index is 11.0. The zero-order valence-corrected chi connectivity index (χ0v) is 8.08. The van der Waals surface area contributed by atoms with Gasteiger partial charge in [0.1, 0.15) is 0 Å². The monoisotopic (exact) mass is 211 g/mol. The first-order chi connectivity index (χ1) is 6.57. The van der Waals surface area contributed by atoms with Crippen molar-refractivity contribution in [1.82, 2.24) is 0 Å². The Balaban J connectivity index is 2.39. The van der Waals surface area contributed by atoms with Gasteiger partial charge in [0.15, 0.2) is 0 Å². The van der Waals surface area contributed by atoms with Crippen LogP contribution in [-0.4, -0.2) is 13.6 Å². The fraction of sp³-hybridized carbons (Fsp3) is 0.125. The van der Waals surface area contributed by atoms with Crippen molar-refractivity contribution in [3.05, 3.63) is 29.8 Å². The number of hydrogen-bond donors (Lipinski definition) is 2. The smallest absolute Gasteiger partial charge is 0.271 e. The lowest BCUT2D eigenvalue weighted by Gasteiger charge is -2.16. The second-order valence-corrected chi connectivity index (χ2v) is 4.43. The predicted molar refractivity (Wildman–Crippen MR) is 54.3 cm³/mol. The number of amidine groups is 1. The molecule has 1 aliphatic rings. The molecule has 6 heteroatoms. The molecule has 2 rings (SSSR count). The molecule has 5 nitrogen and oxygen atoms in total. The quantitative estimate of drug-likeness (QED) is 0.645. The standard InChI is InChI=1S/C8H9N3O2S/c9-14(12,13)8-10-5-6-3-1-2-4-7(6)11-8/h1-4H,5H2,(H,10,11)(H2,9,12,13). The largest absolute Gasteiger partial charge is 0.329 e. The summed E-state index contributed by atoms with van der Waals surface area (Å²) in [5.41, 5.74) is 1.70. The van der Waals surface area contributed by atoms with Crippen LogP contribution in [0.15, 0.2) is 29.3 Å². The minimum Gasteiger partial charge on any atom is -0.329 e. The molecule has 3 N–H and O–H groups in total. The van der Waals surface area contributed by atoms with Crippen molar-refractivity contribution in [3.63, 3.8) is 0 Å². The minimum atomic E-state index is -3.73. The summed E-state index contributed by atoms with van der Waals surface area (Å²) < 4.78 is 22.0. The second-order valence-electron chi connectivity index (χ2n) is 2.95. The average Bonchev–Trinajstić information content (AvgIpc) is 2.16. The molecule has 14 heavy (non-hydrogen) atoms. The normalized spacial score (nSPS) is 15.4. The van der Waals surface area contributed by atoms with Crippen LogP contribution in [0.2, 0.25) is 0 Å². The van der Waals surface area contributed by atoms with Crippen LogP contribution in [0.5, 0.6) is 0 Å². The van der Waals surface area contributed by atoms with Gasteiger partial charge in [0.2, 0.25) is 5.17 Å². The Hall–Kier alpha value is -1.40. The van der Waals surface area contributed by atoms with Crippen LogP contribution in [0.4, 0.5) is 5.69 Å². The molecule has 1 aliphatic heterocycles. The number of hydrogen-bond acceptors (Lipinski definition) is 4. The minimum absolute atomic E-state index is 0.170. The molecule has 0 radical (unpaired) electrons.